The smallest absolute Gasteiger partial charge is 0.358 e. The Hall–Kier alpha value is 2.21. The van der Waals surface area contributed by atoms with Gasteiger partial charge in [-0.1, -0.05) is 134 Å². The first-order chi connectivity index (χ1) is 16.4. The van der Waals surface area contributed by atoms with Crippen molar-refractivity contribution >= 4 is 0 Å². The van der Waals surface area contributed by atoms with Gasteiger partial charge in [-0.3, -0.25) is 0 Å². The summed E-state index contributed by atoms with van der Waals surface area (Å²) in [5.41, 5.74) is 2.32. The monoisotopic (exact) mass is 712 g/mol. The van der Waals surface area contributed by atoms with Gasteiger partial charge in [0.2, 0.25) is 0 Å². The molecule has 4 fully saturated rings. The van der Waals surface area contributed by atoms with E-state index in [1.807, 2.05) is 0 Å². The summed E-state index contributed by atoms with van der Waals surface area (Å²) in [6.07, 6.45) is 23.6. The Bertz CT molecular complexity index is 438. The molecule has 4 aliphatic rings. The zero-order chi connectivity index (χ0) is 27.6. The van der Waals surface area contributed by atoms with Crippen molar-refractivity contribution in [2.24, 2.45) is 45.3 Å². The van der Waals surface area contributed by atoms with E-state index in [9.17, 15) is 0 Å². The summed E-state index contributed by atoms with van der Waals surface area (Å²) in [7, 11) is 0. The summed E-state index contributed by atoms with van der Waals surface area (Å²) in [4.78, 5) is 0. The molecule has 2 heteroatoms. The van der Waals surface area contributed by atoms with E-state index in [0.717, 1.165) is 23.7 Å². The van der Waals surface area contributed by atoms with Crippen LogP contribution in [-0.4, -0.2) is 0 Å². The van der Waals surface area contributed by atoms with Crippen molar-refractivity contribution < 1.29 is 65.4 Å². The first-order valence-corrected chi connectivity index (χ1v) is 16.4. The maximum atomic E-state index is 2.36. The molecule has 4 aliphatic carbocycles. The number of hydrogen-bond donors (Lipinski definition) is 0. The van der Waals surface area contributed by atoms with E-state index in [1.54, 1.807) is 0 Å². The van der Waals surface area contributed by atoms with Crippen LogP contribution in [0.2, 0.25) is 0 Å². The molecule has 0 unspecified atom stereocenters. The van der Waals surface area contributed by atoms with E-state index in [4.69, 9.17) is 0 Å². The quantitative estimate of drug-likeness (QED) is 0.219. The normalized spacial score (nSPS) is 20.7. The van der Waals surface area contributed by atoms with E-state index in [-0.39, 0.29) is 80.3 Å². The largest absolute Gasteiger partial charge is 3.00 e. The zero-order valence-corrected chi connectivity index (χ0v) is 36.5. The summed E-state index contributed by atoms with van der Waals surface area (Å²) in [6.45, 7) is 28.4. The molecule has 0 aromatic heterocycles. The van der Waals surface area contributed by atoms with Crippen LogP contribution in [0.25, 0.3) is 0 Å². The van der Waals surface area contributed by atoms with E-state index in [0.29, 0.717) is 21.7 Å². The molecule has 0 nitrogen and oxygen atoms in total. The van der Waals surface area contributed by atoms with Crippen LogP contribution in [0.15, 0.2) is 0 Å². The second-order valence-electron chi connectivity index (χ2n) is 17.4. The Balaban J connectivity index is -0.000000209. The summed E-state index contributed by atoms with van der Waals surface area (Å²) in [5, 5.41) is 0. The van der Waals surface area contributed by atoms with Crippen molar-refractivity contribution in [3.63, 3.8) is 0 Å². The second kappa shape index (κ2) is 22.7. The zero-order valence-electron chi connectivity index (χ0n) is 30.8. The third-order valence-corrected chi connectivity index (χ3v) is 10.3. The fourth-order valence-electron chi connectivity index (χ4n) is 7.17. The average Bonchev–Trinajstić information content (AvgIpc) is 3.57. The molecule has 0 spiro atoms. The molecule has 0 radical (unpaired) electrons. The van der Waals surface area contributed by atoms with Crippen molar-refractivity contribution in [2.75, 3.05) is 0 Å². The van der Waals surface area contributed by atoms with Gasteiger partial charge in [0.15, 0.2) is 0 Å². The van der Waals surface area contributed by atoms with Crippen LogP contribution in [0.4, 0.5) is 0 Å². The number of rotatable bonds is 0. The third kappa shape index (κ3) is 21.0. The molecule has 0 aromatic carbocycles. The van der Waals surface area contributed by atoms with Crippen LogP contribution in [0.3, 0.4) is 0 Å². The molecule has 0 aromatic rings. The average molecular weight is 713 g/mol. The van der Waals surface area contributed by atoms with Crippen LogP contribution in [0.5, 0.6) is 0 Å². The maximum absolute atomic E-state index is 2.36. The van der Waals surface area contributed by atoms with Gasteiger partial charge < -0.3 is 14.9 Å². The van der Waals surface area contributed by atoms with Crippen molar-refractivity contribution in [1.29, 1.82) is 0 Å². The standard InChI is InChI=1S/4C9H18.2CH3.2Y/c4*1-9(2,3)8-6-4-5-7-8;;;;/h4*8H,4-7H2,1-3H3;2*1H3;;/q;;;;2*-1;2*+3. The molecule has 0 atom stereocenters. The van der Waals surface area contributed by atoms with Gasteiger partial charge in [0, 0.05) is 0 Å². The van der Waals surface area contributed by atoms with Gasteiger partial charge in [0.05, 0.1) is 0 Å². The van der Waals surface area contributed by atoms with Crippen molar-refractivity contribution in [2.45, 2.75) is 186 Å². The predicted molar refractivity (Wildman–Crippen MR) is 178 cm³/mol. The number of hydrogen-bond acceptors (Lipinski definition) is 0. The molecule has 4 rings (SSSR count). The summed E-state index contributed by atoms with van der Waals surface area (Å²) in [5.74, 6) is 4.05. The van der Waals surface area contributed by atoms with Crippen LogP contribution >= 0.6 is 0 Å². The Labute approximate surface area is 308 Å². The molecule has 40 heavy (non-hydrogen) atoms. The van der Waals surface area contributed by atoms with E-state index in [1.165, 1.54) is 103 Å². The molecule has 4 saturated carbocycles. The molecule has 232 valence electrons. The fraction of sp³-hybridized carbons (Fsp3) is 0.947. The van der Waals surface area contributed by atoms with Crippen LogP contribution in [-0.2, 0) is 65.4 Å². The van der Waals surface area contributed by atoms with Gasteiger partial charge >= 0.3 is 65.4 Å². The Morgan fingerprint density at radius 1 is 0.275 bits per heavy atom. The van der Waals surface area contributed by atoms with Crippen LogP contribution in [0, 0.1) is 60.2 Å². The topological polar surface area (TPSA) is 0 Å². The summed E-state index contributed by atoms with van der Waals surface area (Å²) in [6, 6.07) is 0. The van der Waals surface area contributed by atoms with Gasteiger partial charge in [-0.15, -0.1) is 0 Å². The molecular formula is C38H78Y2+4. The molecular weight excluding hydrogens is 634 g/mol. The van der Waals surface area contributed by atoms with Crippen LogP contribution in [0.1, 0.15) is 186 Å². The maximum Gasteiger partial charge on any atom is 3.00 e. The molecule has 0 aliphatic heterocycles. The minimum atomic E-state index is 0. The minimum Gasteiger partial charge on any atom is -0.358 e. The first kappa shape index (κ1) is 49.1. The molecule has 0 amide bonds. The Morgan fingerprint density at radius 2 is 0.375 bits per heavy atom. The van der Waals surface area contributed by atoms with Gasteiger partial charge in [0.25, 0.3) is 0 Å². The fourth-order valence-corrected chi connectivity index (χ4v) is 7.17. The molecule has 0 bridgehead atoms. The Kier molecular flexibility index (Phi) is 27.8. The minimum absolute atomic E-state index is 0. The van der Waals surface area contributed by atoms with Crippen LogP contribution < -0.4 is 0 Å². The molecule has 0 saturated heterocycles. The van der Waals surface area contributed by atoms with E-state index >= 15 is 0 Å². The van der Waals surface area contributed by atoms with E-state index in [2.05, 4.69) is 83.1 Å². The molecule has 0 heterocycles. The van der Waals surface area contributed by atoms with Crippen molar-refractivity contribution in [3.8, 4) is 0 Å². The predicted octanol–water partition coefficient (Wildman–Crippen LogP) is 13.8. The van der Waals surface area contributed by atoms with Gasteiger partial charge in [-0.05, 0) is 96.7 Å². The third-order valence-electron chi connectivity index (χ3n) is 10.3. The van der Waals surface area contributed by atoms with Gasteiger partial charge in [0.1, 0.15) is 0 Å². The van der Waals surface area contributed by atoms with Gasteiger partial charge in [-0.25, -0.2) is 0 Å². The van der Waals surface area contributed by atoms with E-state index < -0.39 is 0 Å². The Morgan fingerprint density at radius 3 is 0.425 bits per heavy atom. The van der Waals surface area contributed by atoms with Crippen molar-refractivity contribution in [1.82, 2.24) is 0 Å². The van der Waals surface area contributed by atoms with Crippen molar-refractivity contribution in [3.05, 3.63) is 14.9 Å². The SMILES string of the molecule is CC(C)(C)C1CCCC1.CC(C)(C)C1CCCC1.CC(C)(C)C1CCCC1.CC(C)(C)C1CCCC1.[CH3-].[CH3-].[Y+3].[Y+3]. The summed E-state index contributed by atoms with van der Waals surface area (Å²) >= 11 is 0. The summed E-state index contributed by atoms with van der Waals surface area (Å²) < 4.78 is 0. The first-order valence-electron chi connectivity index (χ1n) is 16.4. The second-order valence-corrected chi connectivity index (χ2v) is 17.4. The molecule has 0 N–H and O–H groups in total. The van der Waals surface area contributed by atoms with Gasteiger partial charge in [-0.2, -0.15) is 0 Å².